The number of aryl methyl sites for hydroxylation is 1. The van der Waals surface area contributed by atoms with Crippen LogP contribution in [0.15, 0.2) is 47.0 Å². The Hall–Kier alpha value is -4.74. The fourth-order valence-corrected chi connectivity index (χ4v) is 4.62. The van der Waals surface area contributed by atoms with Gasteiger partial charge in [-0.2, -0.15) is 0 Å². The summed E-state index contributed by atoms with van der Waals surface area (Å²) in [6, 6.07) is 11.0. The molecule has 1 aliphatic rings. The topological polar surface area (TPSA) is 141 Å². The van der Waals surface area contributed by atoms with Crippen molar-refractivity contribution in [3.63, 3.8) is 0 Å². The molecule has 1 atom stereocenters. The second kappa shape index (κ2) is 13.5. The number of rotatable bonds is 13. The normalized spacial score (nSPS) is 12.8. The van der Waals surface area contributed by atoms with Crippen LogP contribution >= 0.6 is 0 Å². The number of hydrogen-bond donors (Lipinski definition) is 2. The van der Waals surface area contributed by atoms with Crippen molar-refractivity contribution in [2.45, 2.75) is 65.1 Å². The van der Waals surface area contributed by atoms with Gasteiger partial charge < -0.3 is 39.0 Å². The smallest absolute Gasteiger partial charge is 0.248 e. The first kappa shape index (κ1) is 31.2. The minimum Gasteiger partial charge on any atom is -0.493 e. The van der Waals surface area contributed by atoms with Crippen LogP contribution in [0.3, 0.4) is 0 Å². The van der Waals surface area contributed by atoms with Gasteiger partial charge in [0.1, 0.15) is 11.8 Å². The van der Waals surface area contributed by atoms with Crippen LogP contribution in [-0.4, -0.2) is 54.3 Å². The minimum atomic E-state index is -1.13. The van der Waals surface area contributed by atoms with Gasteiger partial charge in [-0.25, -0.2) is 0 Å². The average Bonchev–Trinajstić information content (AvgIpc) is 3.63. The molecule has 2 aromatic carbocycles. The van der Waals surface area contributed by atoms with Crippen LogP contribution in [-0.2, 0) is 20.9 Å². The van der Waals surface area contributed by atoms with E-state index < -0.39 is 29.3 Å². The Morgan fingerprint density at radius 1 is 1.05 bits per heavy atom. The van der Waals surface area contributed by atoms with E-state index >= 15 is 0 Å². The molecule has 0 aliphatic carbocycles. The first-order valence-electron chi connectivity index (χ1n) is 14.0. The summed E-state index contributed by atoms with van der Waals surface area (Å²) in [5, 5.41) is 9.48. The first-order valence-corrected chi connectivity index (χ1v) is 14.0. The van der Waals surface area contributed by atoms with Gasteiger partial charge in [0, 0.05) is 36.6 Å². The highest BCUT2D eigenvalue weighted by Crippen LogP contribution is 2.39. The minimum absolute atomic E-state index is 0.0323. The highest BCUT2D eigenvalue weighted by Gasteiger charge is 2.37. The van der Waals surface area contributed by atoms with Crippen molar-refractivity contribution in [2.75, 3.05) is 26.3 Å². The van der Waals surface area contributed by atoms with Crippen molar-refractivity contribution in [2.24, 2.45) is 0 Å². The summed E-state index contributed by atoms with van der Waals surface area (Å²) in [6.07, 6.45) is 0.325. The summed E-state index contributed by atoms with van der Waals surface area (Å²) in [5.74, 6) is 1.40. The Morgan fingerprint density at radius 3 is 2.49 bits per heavy atom. The molecule has 1 aliphatic heterocycles. The van der Waals surface area contributed by atoms with Gasteiger partial charge in [-0.05, 0) is 51.0 Å². The molecule has 43 heavy (non-hydrogen) atoms. The number of hydrogen-bond acceptors (Lipinski definition) is 9. The van der Waals surface area contributed by atoms with Gasteiger partial charge in [0.15, 0.2) is 28.8 Å². The largest absolute Gasteiger partial charge is 0.493 e. The first-order chi connectivity index (χ1) is 20.5. The number of amides is 3. The number of nitrogens with one attached hydrogen (secondary N) is 2. The van der Waals surface area contributed by atoms with Crippen molar-refractivity contribution >= 4 is 23.5 Å². The zero-order valence-corrected chi connectivity index (χ0v) is 25.3. The number of ether oxygens (including phenoxy) is 4. The molecule has 0 unspecified atom stereocenters. The van der Waals surface area contributed by atoms with E-state index in [9.17, 15) is 14.4 Å². The average molecular weight is 595 g/mol. The molecule has 0 saturated heterocycles. The van der Waals surface area contributed by atoms with Crippen molar-refractivity contribution in [1.82, 2.24) is 15.4 Å². The van der Waals surface area contributed by atoms with E-state index in [4.69, 9.17) is 23.5 Å². The van der Waals surface area contributed by atoms with Gasteiger partial charge in [0.2, 0.25) is 24.5 Å². The van der Waals surface area contributed by atoms with E-state index in [0.717, 1.165) is 0 Å². The van der Waals surface area contributed by atoms with Crippen LogP contribution in [0.1, 0.15) is 63.0 Å². The summed E-state index contributed by atoms with van der Waals surface area (Å²) < 4.78 is 27.2. The van der Waals surface area contributed by atoms with Crippen molar-refractivity contribution in [3.8, 4) is 23.0 Å². The maximum Gasteiger partial charge on any atom is 0.248 e. The van der Waals surface area contributed by atoms with Crippen LogP contribution in [0, 0.1) is 6.92 Å². The predicted octanol–water partition coefficient (Wildman–Crippen LogP) is 4.52. The Kier molecular flexibility index (Phi) is 9.79. The van der Waals surface area contributed by atoms with Crippen molar-refractivity contribution in [3.05, 3.63) is 59.4 Å². The Balaban J connectivity index is 1.72. The lowest BCUT2D eigenvalue weighted by atomic mass is 9.97. The second-order valence-electron chi connectivity index (χ2n) is 10.8. The molecule has 0 bridgehead atoms. The van der Waals surface area contributed by atoms with E-state index in [-0.39, 0.29) is 32.0 Å². The van der Waals surface area contributed by atoms with Crippen LogP contribution in [0.5, 0.6) is 23.0 Å². The van der Waals surface area contributed by atoms with Gasteiger partial charge in [0.05, 0.1) is 14.2 Å². The molecule has 3 amide bonds. The molecule has 12 heteroatoms. The van der Waals surface area contributed by atoms with E-state index in [1.165, 1.54) is 19.1 Å². The number of anilines is 1. The number of para-hydroxylation sites is 1. The monoisotopic (exact) mass is 594 g/mol. The van der Waals surface area contributed by atoms with E-state index in [1.54, 1.807) is 49.4 Å². The van der Waals surface area contributed by atoms with Gasteiger partial charge in [0.25, 0.3) is 0 Å². The quantitative estimate of drug-likeness (QED) is 0.292. The van der Waals surface area contributed by atoms with Crippen molar-refractivity contribution < 1.29 is 37.9 Å². The Morgan fingerprint density at radius 2 is 1.81 bits per heavy atom. The molecule has 230 valence electrons. The molecule has 3 aromatic rings. The summed E-state index contributed by atoms with van der Waals surface area (Å²) in [4.78, 5) is 42.4. The molecule has 0 radical (unpaired) electrons. The van der Waals surface area contributed by atoms with Crippen LogP contribution in [0.25, 0.3) is 0 Å². The molecule has 0 saturated carbocycles. The van der Waals surface area contributed by atoms with Gasteiger partial charge in [-0.3, -0.25) is 14.4 Å². The zero-order chi connectivity index (χ0) is 31.1. The number of carbonyl (C=O) groups is 3. The highest BCUT2D eigenvalue weighted by molar-refractivity contribution is 5.94. The molecule has 2 heterocycles. The maximum atomic E-state index is 14.1. The van der Waals surface area contributed by atoms with Crippen LogP contribution in [0.2, 0.25) is 0 Å². The number of carbonyl (C=O) groups excluding carboxylic acids is 3. The number of fused-ring (bicyclic) bond motifs is 1. The van der Waals surface area contributed by atoms with Crippen LogP contribution in [0.4, 0.5) is 5.82 Å². The standard InChI is InChI=1S/C31H38N4O8/c1-7-31(3,4)33-30(38)28(21-9-8-10-23(39-5)29(21)40-6)35(17-20-11-12-22-24(16-20)42-18-41-22)27(37)14-13-26(36)32-25-15-19(2)43-34-25/h8-12,15-16,28H,7,13-14,17-18H2,1-6H3,(H,33,38)(H,32,34,36)/t28-/m0/s1. The lowest BCUT2D eigenvalue weighted by Gasteiger charge is -2.35. The van der Waals surface area contributed by atoms with Gasteiger partial charge in [-0.1, -0.05) is 30.3 Å². The SMILES string of the molecule is CCC(C)(C)NC(=O)[C@H](c1cccc(OC)c1OC)N(Cc1ccc2c(c1)OCO2)C(=O)CCC(=O)Nc1cc(C)on1. The van der Waals surface area contributed by atoms with Gasteiger partial charge >= 0.3 is 0 Å². The summed E-state index contributed by atoms with van der Waals surface area (Å²) in [7, 11) is 2.98. The molecule has 1 aromatic heterocycles. The van der Waals surface area contributed by atoms with E-state index in [2.05, 4.69) is 15.8 Å². The molecule has 12 nitrogen and oxygen atoms in total. The second-order valence-corrected chi connectivity index (χ2v) is 10.8. The van der Waals surface area contributed by atoms with Crippen LogP contribution < -0.4 is 29.6 Å². The number of benzene rings is 2. The van der Waals surface area contributed by atoms with E-state index in [0.29, 0.717) is 46.3 Å². The predicted molar refractivity (Wildman–Crippen MR) is 157 cm³/mol. The Bertz CT molecular complexity index is 1470. The lowest BCUT2D eigenvalue weighted by Crippen LogP contribution is -2.50. The number of aromatic nitrogens is 1. The zero-order valence-electron chi connectivity index (χ0n) is 25.3. The molecule has 2 N–H and O–H groups in total. The molecule has 4 rings (SSSR count). The number of nitrogens with zero attached hydrogens (tertiary/aromatic N) is 2. The molecular weight excluding hydrogens is 556 g/mol. The third-order valence-electron chi connectivity index (χ3n) is 7.21. The maximum absolute atomic E-state index is 14.1. The third-order valence-corrected chi connectivity index (χ3v) is 7.21. The molecule has 0 fully saturated rings. The molecular formula is C31H38N4O8. The fourth-order valence-electron chi connectivity index (χ4n) is 4.62. The summed E-state index contributed by atoms with van der Waals surface area (Å²) >= 11 is 0. The Labute approximate surface area is 250 Å². The summed E-state index contributed by atoms with van der Waals surface area (Å²) in [5.41, 5.74) is 0.572. The van der Waals surface area contributed by atoms with Gasteiger partial charge in [-0.15, -0.1) is 0 Å². The highest BCUT2D eigenvalue weighted by atomic mass is 16.7. The third kappa shape index (κ3) is 7.56. The fraction of sp³-hybridized carbons (Fsp3) is 0.419. The number of methoxy groups -OCH3 is 2. The lowest BCUT2D eigenvalue weighted by molar-refractivity contribution is -0.143. The van der Waals surface area contributed by atoms with Crippen molar-refractivity contribution in [1.29, 1.82) is 0 Å². The summed E-state index contributed by atoms with van der Waals surface area (Å²) in [6.45, 7) is 7.61. The molecule has 0 spiro atoms. The van der Waals surface area contributed by atoms with E-state index in [1.807, 2.05) is 20.8 Å².